The molecule has 0 fully saturated rings. The summed E-state index contributed by atoms with van der Waals surface area (Å²) in [4.78, 5) is 0. The third-order valence-electron chi connectivity index (χ3n) is 2.07. The first-order chi connectivity index (χ1) is 5.24. The van der Waals surface area contributed by atoms with Gasteiger partial charge in [-0.3, -0.25) is 0 Å². The van der Waals surface area contributed by atoms with Crippen LogP contribution in [-0.2, 0) is 4.74 Å². The molecule has 0 rings (SSSR count). The standard InChI is InChI=1S/C9H21BO/c1-4-7-8(5-2)11-9(10)6-3/h8-9H,4-7,10H2,1-3H3. The monoisotopic (exact) mass is 156 g/mol. The minimum absolute atomic E-state index is 0.437. The molecule has 0 aromatic heterocycles. The van der Waals surface area contributed by atoms with Gasteiger partial charge in [0.15, 0.2) is 0 Å². The number of rotatable bonds is 6. The Bertz CT molecular complexity index is 85.6. The first kappa shape index (κ1) is 11.0. The molecule has 0 bridgehead atoms. The molecule has 0 N–H and O–H groups in total. The average Bonchev–Trinajstić information content (AvgIpc) is 2.03. The van der Waals surface area contributed by atoms with E-state index in [0.717, 1.165) is 12.8 Å². The second-order valence-electron chi connectivity index (χ2n) is 3.17. The fourth-order valence-corrected chi connectivity index (χ4v) is 1.12. The Morgan fingerprint density at radius 3 is 2.18 bits per heavy atom. The van der Waals surface area contributed by atoms with E-state index in [0.29, 0.717) is 12.1 Å². The molecule has 0 amide bonds. The fraction of sp³-hybridized carbons (Fsp3) is 1.00. The third-order valence-corrected chi connectivity index (χ3v) is 2.07. The molecule has 0 aliphatic rings. The first-order valence-corrected chi connectivity index (χ1v) is 4.89. The van der Waals surface area contributed by atoms with Crippen LogP contribution in [0, 0.1) is 0 Å². The average molecular weight is 156 g/mol. The molecule has 0 aromatic carbocycles. The van der Waals surface area contributed by atoms with Crippen LogP contribution >= 0.6 is 0 Å². The number of hydrogen-bond acceptors (Lipinski definition) is 1. The topological polar surface area (TPSA) is 9.23 Å². The van der Waals surface area contributed by atoms with Crippen molar-refractivity contribution in [1.29, 1.82) is 0 Å². The highest BCUT2D eigenvalue weighted by Crippen LogP contribution is 2.09. The lowest BCUT2D eigenvalue weighted by molar-refractivity contribution is 0.0214. The zero-order valence-corrected chi connectivity index (χ0v) is 8.39. The zero-order chi connectivity index (χ0) is 8.69. The van der Waals surface area contributed by atoms with Crippen LogP contribution in [-0.4, -0.2) is 20.0 Å². The summed E-state index contributed by atoms with van der Waals surface area (Å²) in [6.07, 6.45) is 5.21. The SMILES string of the molecule is BC(CC)OC(CC)CCC. The fourth-order valence-electron chi connectivity index (χ4n) is 1.12. The van der Waals surface area contributed by atoms with Crippen molar-refractivity contribution in [1.82, 2.24) is 0 Å². The van der Waals surface area contributed by atoms with Crippen LogP contribution < -0.4 is 0 Å². The maximum absolute atomic E-state index is 5.79. The molecule has 11 heavy (non-hydrogen) atoms. The Kier molecular flexibility index (Phi) is 6.73. The van der Waals surface area contributed by atoms with Crippen LogP contribution in [0.2, 0.25) is 0 Å². The minimum atomic E-state index is 0.437. The maximum atomic E-state index is 5.79. The summed E-state index contributed by atoms with van der Waals surface area (Å²) >= 11 is 0. The van der Waals surface area contributed by atoms with Crippen molar-refractivity contribution in [3.05, 3.63) is 0 Å². The smallest absolute Gasteiger partial charge is 0.139 e. The molecule has 0 spiro atoms. The summed E-state index contributed by atoms with van der Waals surface area (Å²) in [6, 6.07) is 0.437. The highest BCUT2D eigenvalue weighted by Gasteiger charge is 2.08. The summed E-state index contributed by atoms with van der Waals surface area (Å²) in [5.41, 5.74) is 0. The van der Waals surface area contributed by atoms with Gasteiger partial charge in [-0.15, -0.1) is 0 Å². The van der Waals surface area contributed by atoms with Crippen molar-refractivity contribution in [2.45, 2.75) is 58.6 Å². The van der Waals surface area contributed by atoms with Crippen LogP contribution in [0.15, 0.2) is 0 Å². The van der Waals surface area contributed by atoms with Crippen molar-refractivity contribution >= 4 is 7.85 Å². The molecule has 2 unspecified atom stereocenters. The summed E-state index contributed by atoms with van der Waals surface area (Å²) in [5.74, 6) is 0. The molecule has 0 radical (unpaired) electrons. The normalized spacial score (nSPS) is 16.3. The van der Waals surface area contributed by atoms with Gasteiger partial charge in [0.2, 0.25) is 0 Å². The van der Waals surface area contributed by atoms with Crippen LogP contribution in [0.4, 0.5) is 0 Å². The van der Waals surface area contributed by atoms with Crippen molar-refractivity contribution in [3.63, 3.8) is 0 Å². The second kappa shape index (κ2) is 6.72. The molecule has 0 saturated carbocycles. The van der Waals surface area contributed by atoms with E-state index in [1.54, 1.807) is 0 Å². The number of hydrogen-bond donors (Lipinski definition) is 0. The summed E-state index contributed by atoms with van der Waals surface area (Å²) in [7, 11) is 2.15. The van der Waals surface area contributed by atoms with Gasteiger partial charge in [0.05, 0.1) is 6.10 Å². The Morgan fingerprint density at radius 2 is 1.82 bits per heavy atom. The zero-order valence-electron chi connectivity index (χ0n) is 8.39. The second-order valence-corrected chi connectivity index (χ2v) is 3.17. The van der Waals surface area contributed by atoms with E-state index in [1.807, 2.05) is 0 Å². The van der Waals surface area contributed by atoms with E-state index in [2.05, 4.69) is 28.6 Å². The summed E-state index contributed by atoms with van der Waals surface area (Å²) < 4.78 is 5.79. The summed E-state index contributed by atoms with van der Waals surface area (Å²) in [5, 5.41) is 0. The third kappa shape index (κ3) is 5.31. The van der Waals surface area contributed by atoms with Gasteiger partial charge in [-0.25, -0.2) is 0 Å². The van der Waals surface area contributed by atoms with Crippen molar-refractivity contribution in [3.8, 4) is 0 Å². The van der Waals surface area contributed by atoms with Crippen LogP contribution in [0.3, 0.4) is 0 Å². The van der Waals surface area contributed by atoms with Crippen molar-refractivity contribution < 1.29 is 4.74 Å². The van der Waals surface area contributed by atoms with Crippen LogP contribution in [0.1, 0.15) is 46.5 Å². The lowest BCUT2D eigenvalue weighted by atomic mass is 9.97. The van der Waals surface area contributed by atoms with Gasteiger partial charge < -0.3 is 4.74 Å². The van der Waals surface area contributed by atoms with Crippen molar-refractivity contribution in [2.75, 3.05) is 0 Å². The largest absolute Gasteiger partial charge is 0.384 e. The van der Waals surface area contributed by atoms with E-state index in [1.165, 1.54) is 12.8 Å². The molecule has 2 atom stereocenters. The molecule has 66 valence electrons. The Morgan fingerprint density at radius 1 is 1.18 bits per heavy atom. The van der Waals surface area contributed by atoms with E-state index in [-0.39, 0.29) is 0 Å². The Labute approximate surface area is 71.9 Å². The first-order valence-electron chi connectivity index (χ1n) is 4.89. The lowest BCUT2D eigenvalue weighted by Gasteiger charge is -2.19. The van der Waals surface area contributed by atoms with Gasteiger partial charge in [-0.1, -0.05) is 27.2 Å². The molecular weight excluding hydrogens is 135 g/mol. The molecule has 0 heterocycles. The number of ether oxygens (including phenoxy) is 1. The van der Waals surface area contributed by atoms with E-state index >= 15 is 0 Å². The van der Waals surface area contributed by atoms with Crippen LogP contribution in [0.25, 0.3) is 0 Å². The molecule has 0 saturated heterocycles. The highest BCUT2D eigenvalue weighted by molar-refractivity contribution is 6.10. The van der Waals surface area contributed by atoms with E-state index in [9.17, 15) is 0 Å². The maximum Gasteiger partial charge on any atom is 0.139 e. The van der Waals surface area contributed by atoms with Gasteiger partial charge in [0.1, 0.15) is 7.85 Å². The highest BCUT2D eigenvalue weighted by atomic mass is 16.5. The van der Waals surface area contributed by atoms with Gasteiger partial charge >= 0.3 is 0 Å². The minimum Gasteiger partial charge on any atom is -0.384 e. The Hall–Kier alpha value is 0.0249. The van der Waals surface area contributed by atoms with Gasteiger partial charge in [0.25, 0.3) is 0 Å². The van der Waals surface area contributed by atoms with Crippen molar-refractivity contribution in [2.24, 2.45) is 0 Å². The van der Waals surface area contributed by atoms with Crippen LogP contribution in [0.5, 0.6) is 0 Å². The van der Waals surface area contributed by atoms with Gasteiger partial charge in [0, 0.05) is 6.00 Å². The van der Waals surface area contributed by atoms with E-state index in [4.69, 9.17) is 4.74 Å². The Balaban J connectivity index is 3.49. The van der Waals surface area contributed by atoms with E-state index < -0.39 is 0 Å². The molecule has 0 aliphatic heterocycles. The molecular formula is C9H21BO. The quantitative estimate of drug-likeness (QED) is 0.534. The molecule has 1 nitrogen and oxygen atoms in total. The predicted molar refractivity (Wildman–Crippen MR) is 52.7 cm³/mol. The lowest BCUT2D eigenvalue weighted by Crippen LogP contribution is -2.21. The van der Waals surface area contributed by atoms with Gasteiger partial charge in [-0.2, -0.15) is 0 Å². The molecule has 0 aliphatic carbocycles. The predicted octanol–water partition coefficient (Wildman–Crippen LogP) is 1.95. The summed E-state index contributed by atoms with van der Waals surface area (Å²) in [6.45, 7) is 6.58. The molecule has 2 heteroatoms. The van der Waals surface area contributed by atoms with Gasteiger partial charge in [-0.05, 0) is 19.3 Å². The molecule has 0 aromatic rings.